The van der Waals surface area contributed by atoms with Crippen LogP contribution in [0.4, 0.5) is 10.1 Å². The Balaban J connectivity index is 1.43. The number of benzene rings is 3. The van der Waals surface area contributed by atoms with Gasteiger partial charge in [0.25, 0.3) is 0 Å². The zero-order valence-electron chi connectivity index (χ0n) is 15.5. The topological polar surface area (TPSA) is 12.0 Å². The van der Waals surface area contributed by atoms with E-state index in [2.05, 4.69) is 59.9 Å². The van der Waals surface area contributed by atoms with Crippen LogP contribution in [0.15, 0.2) is 89.8 Å². The molecule has 3 atom stereocenters. The predicted octanol–water partition coefficient (Wildman–Crippen LogP) is 6.94. The maximum atomic E-state index is 14.5. The molecule has 3 aromatic carbocycles. The monoisotopic (exact) mass is 387 g/mol. The van der Waals surface area contributed by atoms with Crippen molar-refractivity contribution in [2.75, 3.05) is 5.32 Å². The first kappa shape index (κ1) is 17.6. The highest BCUT2D eigenvalue weighted by Gasteiger charge is 2.38. The SMILES string of the molecule is Fc1ccccc1[C@@H]1Nc2ccc(CSc3ccccc3)cc2[C@H]2C=CC[C@H]21. The molecule has 1 N–H and O–H groups in total. The summed E-state index contributed by atoms with van der Waals surface area (Å²) in [6, 6.07) is 24.4. The second kappa shape index (κ2) is 7.48. The van der Waals surface area contributed by atoms with Crippen molar-refractivity contribution in [2.24, 2.45) is 5.92 Å². The zero-order valence-corrected chi connectivity index (χ0v) is 16.3. The Morgan fingerprint density at radius 2 is 1.75 bits per heavy atom. The van der Waals surface area contributed by atoms with Crippen molar-refractivity contribution in [1.82, 2.24) is 0 Å². The summed E-state index contributed by atoms with van der Waals surface area (Å²) in [5.74, 6) is 1.55. The lowest BCUT2D eigenvalue weighted by atomic mass is 9.76. The lowest BCUT2D eigenvalue weighted by Crippen LogP contribution is -2.29. The molecule has 5 rings (SSSR count). The van der Waals surface area contributed by atoms with Crippen LogP contribution in [0.5, 0.6) is 0 Å². The summed E-state index contributed by atoms with van der Waals surface area (Å²) in [6.07, 6.45) is 5.55. The highest BCUT2D eigenvalue weighted by molar-refractivity contribution is 7.98. The number of halogens is 1. The van der Waals surface area contributed by atoms with Gasteiger partial charge in [-0.05, 0) is 47.7 Å². The van der Waals surface area contributed by atoms with Crippen molar-refractivity contribution in [3.8, 4) is 0 Å². The highest BCUT2D eigenvalue weighted by Crippen LogP contribution is 2.50. The lowest BCUT2D eigenvalue weighted by Gasteiger charge is -2.38. The summed E-state index contributed by atoms with van der Waals surface area (Å²) < 4.78 is 14.5. The third-order valence-electron chi connectivity index (χ3n) is 5.82. The fourth-order valence-electron chi connectivity index (χ4n) is 4.45. The molecular weight excluding hydrogens is 365 g/mol. The van der Waals surface area contributed by atoms with Crippen molar-refractivity contribution in [1.29, 1.82) is 0 Å². The van der Waals surface area contributed by atoms with E-state index in [1.807, 2.05) is 30.0 Å². The number of hydrogen-bond acceptors (Lipinski definition) is 2. The molecule has 0 aromatic heterocycles. The van der Waals surface area contributed by atoms with Crippen LogP contribution in [0.3, 0.4) is 0 Å². The number of anilines is 1. The third-order valence-corrected chi connectivity index (χ3v) is 6.90. The molecular formula is C25H22FNS. The molecule has 0 saturated heterocycles. The van der Waals surface area contributed by atoms with Gasteiger partial charge in [0.05, 0.1) is 6.04 Å². The fourth-order valence-corrected chi connectivity index (χ4v) is 5.31. The Kier molecular flexibility index (Phi) is 4.69. The van der Waals surface area contributed by atoms with Gasteiger partial charge >= 0.3 is 0 Å². The number of nitrogens with one attached hydrogen (secondary N) is 1. The molecule has 140 valence electrons. The van der Waals surface area contributed by atoms with Crippen LogP contribution < -0.4 is 5.32 Å². The van der Waals surface area contributed by atoms with Crippen molar-refractivity contribution in [3.63, 3.8) is 0 Å². The largest absolute Gasteiger partial charge is 0.378 e. The van der Waals surface area contributed by atoms with Gasteiger partial charge in [-0.25, -0.2) is 4.39 Å². The number of thioether (sulfide) groups is 1. The van der Waals surface area contributed by atoms with Gasteiger partial charge in [0.2, 0.25) is 0 Å². The van der Waals surface area contributed by atoms with Gasteiger partial charge < -0.3 is 5.32 Å². The minimum atomic E-state index is -0.120. The van der Waals surface area contributed by atoms with Crippen LogP contribution in [-0.4, -0.2) is 0 Å². The second-order valence-electron chi connectivity index (χ2n) is 7.52. The maximum Gasteiger partial charge on any atom is 0.128 e. The Morgan fingerprint density at radius 3 is 2.61 bits per heavy atom. The summed E-state index contributed by atoms with van der Waals surface area (Å²) >= 11 is 1.86. The standard InChI is InChI=1S/C25H22FNS/c26-23-12-5-4-9-21(23)25-20-11-6-10-19(20)22-15-17(13-14-24(22)27-25)16-28-18-7-2-1-3-8-18/h1-10,12-15,19-20,25,27H,11,16H2/t19-,20+,25+/m0/s1. The van der Waals surface area contributed by atoms with Crippen LogP contribution in [0.2, 0.25) is 0 Å². The van der Waals surface area contributed by atoms with Crippen LogP contribution in [0, 0.1) is 11.7 Å². The Bertz CT molecular complexity index is 1010. The molecule has 28 heavy (non-hydrogen) atoms. The van der Waals surface area contributed by atoms with Crippen molar-refractivity contribution >= 4 is 17.4 Å². The Morgan fingerprint density at radius 1 is 0.929 bits per heavy atom. The molecule has 0 saturated carbocycles. The van der Waals surface area contributed by atoms with Gasteiger partial charge in [-0.3, -0.25) is 0 Å². The van der Waals surface area contributed by atoms with E-state index in [1.165, 1.54) is 16.0 Å². The van der Waals surface area contributed by atoms with Crippen molar-refractivity contribution in [3.05, 3.63) is 107 Å². The summed E-state index contributed by atoms with van der Waals surface area (Å²) in [7, 11) is 0. The normalized spacial score (nSPS) is 22.4. The van der Waals surface area contributed by atoms with E-state index in [1.54, 1.807) is 12.1 Å². The minimum Gasteiger partial charge on any atom is -0.378 e. The quantitative estimate of drug-likeness (QED) is 0.384. The van der Waals surface area contributed by atoms with E-state index >= 15 is 0 Å². The third kappa shape index (κ3) is 3.24. The minimum absolute atomic E-state index is 0.0123. The van der Waals surface area contributed by atoms with Gasteiger partial charge in [0, 0.05) is 27.8 Å². The number of allylic oxidation sites excluding steroid dienone is 2. The molecule has 1 aliphatic carbocycles. The van der Waals surface area contributed by atoms with Gasteiger partial charge in [0.1, 0.15) is 5.82 Å². The van der Waals surface area contributed by atoms with Gasteiger partial charge in [0.15, 0.2) is 0 Å². The molecule has 0 unspecified atom stereocenters. The molecule has 1 aliphatic heterocycles. The lowest BCUT2D eigenvalue weighted by molar-refractivity contribution is 0.413. The van der Waals surface area contributed by atoms with Gasteiger partial charge in [-0.1, -0.05) is 60.7 Å². The van der Waals surface area contributed by atoms with E-state index in [9.17, 15) is 4.39 Å². The molecule has 0 spiro atoms. The maximum absolute atomic E-state index is 14.5. The van der Waals surface area contributed by atoms with E-state index in [-0.39, 0.29) is 11.9 Å². The second-order valence-corrected chi connectivity index (χ2v) is 8.57. The molecule has 0 radical (unpaired) electrons. The van der Waals surface area contributed by atoms with Crippen LogP contribution in [0.1, 0.15) is 35.1 Å². The molecule has 3 heteroatoms. The summed E-state index contributed by atoms with van der Waals surface area (Å²) in [5.41, 5.74) is 4.58. The molecule has 1 heterocycles. The molecule has 2 aliphatic rings. The van der Waals surface area contributed by atoms with Crippen LogP contribution in [0.25, 0.3) is 0 Å². The van der Waals surface area contributed by atoms with Gasteiger partial charge in [-0.15, -0.1) is 11.8 Å². The fraction of sp³-hybridized carbons (Fsp3) is 0.200. The Labute approximate surface area is 169 Å². The van der Waals surface area contributed by atoms with Crippen molar-refractivity contribution < 1.29 is 4.39 Å². The first-order valence-corrected chi connectivity index (χ1v) is 10.8. The van der Waals surface area contributed by atoms with E-state index in [0.717, 1.165) is 23.4 Å². The average molecular weight is 388 g/mol. The Hall–Kier alpha value is -2.52. The smallest absolute Gasteiger partial charge is 0.128 e. The average Bonchev–Trinajstić information content (AvgIpc) is 3.23. The van der Waals surface area contributed by atoms with Crippen molar-refractivity contribution in [2.45, 2.75) is 29.0 Å². The zero-order chi connectivity index (χ0) is 18.9. The molecule has 1 nitrogen and oxygen atoms in total. The summed E-state index contributed by atoms with van der Waals surface area (Å²) in [4.78, 5) is 1.29. The number of fused-ring (bicyclic) bond motifs is 3. The number of rotatable bonds is 4. The van der Waals surface area contributed by atoms with E-state index < -0.39 is 0 Å². The molecule has 0 fully saturated rings. The predicted molar refractivity (Wildman–Crippen MR) is 115 cm³/mol. The van der Waals surface area contributed by atoms with Gasteiger partial charge in [-0.2, -0.15) is 0 Å². The highest BCUT2D eigenvalue weighted by atomic mass is 32.2. The van der Waals surface area contributed by atoms with Crippen LogP contribution >= 0.6 is 11.8 Å². The van der Waals surface area contributed by atoms with E-state index in [4.69, 9.17) is 0 Å². The molecule has 3 aromatic rings. The molecule has 0 amide bonds. The first-order chi connectivity index (χ1) is 13.8. The summed E-state index contributed by atoms with van der Waals surface area (Å²) in [6.45, 7) is 0. The summed E-state index contributed by atoms with van der Waals surface area (Å²) in [5, 5.41) is 3.64. The van der Waals surface area contributed by atoms with Crippen LogP contribution in [-0.2, 0) is 5.75 Å². The first-order valence-electron chi connectivity index (χ1n) is 9.78. The number of hydrogen-bond donors (Lipinski definition) is 1. The molecule has 0 bridgehead atoms. The van der Waals surface area contributed by atoms with E-state index in [0.29, 0.717) is 11.8 Å².